The lowest BCUT2D eigenvalue weighted by molar-refractivity contribution is 0.143. The zero-order valence-electron chi connectivity index (χ0n) is 7.56. The van der Waals surface area contributed by atoms with Crippen LogP contribution in [0.4, 0.5) is 10.5 Å². The van der Waals surface area contributed by atoms with Gasteiger partial charge in [0, 0.05) is 0 Å². The van der Waals surface area contributed by atoms with E-state index >= 15 is 0 Å². The molecule has 0 radical (unpaired) electrons. The minimum Gasteiger partial charge on any atom is -0.448 e. The Hall–Kier alpha value is -1.52. The van der Waals surface area contributed by atoms with Gasteiger partial charge in [0.15, 0.2) is 0 Å². The normalized spacial score (nSPS) is 9.92. The molecule has 1 aromatic heterocycles. The van der Waals surface area contributed by atoms with Crippen LogP contribution in [0, 0.1) is 0 Å². The quantitative estimate of drug-likeness (QED) is 0.716. The van der Waals surface area contributed by atoms with Gasteiger partial charge in [-0.3, -0.25) is 0 Å². The molecule has 2 N–H and O–H groups in total. The molecule has 0 bridgehead atoms. The van der Waals surface area contributed by atoms with Crippen molar-refractivity contribution >= 4 is 11.8 Å². The first-order valence-corrected chi connectivity index (χ1v) is 4.21. The van der Waals surface area contributed by atoms with Crippen molar-refractivity contribution in [2.45, 2.75) is 19.8 Å². The minimum atomic E-state index is -0.481. The molecule has 72 valence electrons. The molecule has 0 saturated heterocycles. The van der Waals surface area contributed by atoms with Crippen LogP contribution in [0.15, 0.2) is 12.4 Å². The van der Waals surface area contributed by atoms with Crippen molar-refractivity contribution in [2.24, 2.45) is 0 Å². The van der Waals surface area contributed by atoms with Crippen LogP contribution in [0.1, 0.15) is 19.8 Å². The molecule has 1 rings (SSSR count). The summed E-state index contributed by atoms with van der Waals surface area (Å²) in [6.07, 6.45) is 4.21. The van der Waals surface area contributed by atoms with E-state index in [9.17, 15) is 4.79 Å². The molecular weight excluding hydrogens is 170 g/mol. The number of carbonyl (C=O) groups excluding carboxylic acids is 1. The van der Waals surface area contributed by atoms with Crippen molar-refractivity contribution in [3.05, 3.63) is 12.4 Å². The van der Waals surface area contributed by atoms with E-state index in [2.05, 4.69) is 5.10 Å². The summed E-state index contributed by atoms with van der Waals surface area (Å²) in [5, 5.41) is 3.71. The lowest BCUT2D eigenvalue weighted by Gasteiger charge is -2.01. The van der Waals surface area contributed by atoms with Gasteiger partial charge < -0.3 is 10.5 Å². The number of carbonyl (C=O) groups is 1. The molecule has 0 aliphatic heterocycles. The fourth-order valence-electron chi connectivity index (χ4n) is 0.807. The van der Waals surface area contributed by atoms with Crippen molar-refractivity contribution in [2.75, 3.05) is 12.3 Å². The fourth-order valence-corrected chi connectivity index (χ4v) is 0.807. The van der Waals surface area contributed by atoms with E-state index in [4.69, 9.17) is 10.5 Å². The van der Waals surface area contributed by atoms with Crippen LogP contribution in [-0.2, 0) is 4.74 Å². The molecule has 0 aliphatic rings. The summed E-state index contributed by atoms with van der Waals surface area (Å²) in [6, 6.07) is 0. The van der Waals surface area contributed by atoms with Gasteiger partial charge in [0.2, 0.25) is 0 Å². The third-order valence-electron chi connectivity index (χ3n) is 1.51. The molecule has 0 saturated carbocycles. The number of hydrogen-bond donors (Lipinski definition) is 1. The van der Waals surface area contributed by atoms with E-state index in [-0.39, 0.29) is 0 Å². The highest BCUT2D eigenvalue weighted by Gasteiger charge is 2.05. The molecule has 0 atom stereocenters. The van der Waals surface area contributed by atoms with Gasteiger partial charge in [-0.05, 0) is 6.42 Å². The largest absolute Gasteiger partial charge is 0.448 e. The standard InChI is InChI=1S/C8H13N3O2/c1-2-3-4-13-8(12)11-6-7(9)5-10-11/h5-6H,2-4,9H2,1H3. The third-order valence-corrected chi connectivity index (χ3v) is 1.51. The molecule has 0 spiro atoms. The predicted molar refractivity (Wildman–Crippen MR) is 48.3 cm³/mol. The van der Waals surface area contributed by atoms with Crippen LogP contribution in [-0.4, -0.2) is 22.5 Å². The summed E-state index contributed by atoms with van der Waals surface area (Å²) in [5.74, 6) is 0. The van der Waals surface area contributed by atoms with Gasteiger partial charge in [0.25, 0.3) is 0 Å². The summed E-state index contributed by atoms with van der Waals surface area (Å²) < 4.78 is 5.98. The van der Waals surface area contributed by atoms with Crippen LogP contribution in [0.5, 0.6) is 0 Å². The number of rotatable bonds is 3. The molecule has 0 fully saturated rings. The number of unbranched alkanes of at least 4 members (excludes halogenated alkanes) is 1. The highest BCUT2D eigenvalue weighted by Crippen LogP contribution is 1.99. The number of hydrogen-bond acceptors (Lipinski definition) is 4. The van der Waals surface area contributed by atoms with E-state index in [0.29, 0.717) is 12.3 Å². The number of aromatic nitrogens is 2. The van der Waals surface area contributed by atoms with Crippen molar-refractivity contribution in [1.29, 1.82) is 0 Å². The molecular formula is C8H13N3O2. The summed E-state index contributed by atoms with van der Waals surface area (Å²) >= 11 is 0. The van der Waals surface area contributed by atoms with Gasteiger partial charge in [-0.15, -0.1) is 0 Å². The van der Waals surface area contributed by atoms with Crippen LogP contribution in [0.25, 0.3) is 0 Å². The van der Waals surface area contributed by atoms with Crippen LogP contribution >= 0.6 is 0 Å². The maximum atomic E-state index is 11.2. The molecule has 5 nitrogen and oxygen atoms in total. The van der Waals surface area contributed by atoms with Gasteiger partial charge in [-0.2, -0.15) is 9.78 Å². The molecule has 13 heavy (non-hydrogen) atoms. The number of anilines is 1. The van der Waals surface area contributed by atoms with E-state index in [1.54, 1.807) is 0 Å². The van der Waals surface area contributed by atoms with Gasteiger partial charge in [0.05, 0.1) is 24.7 Å². The average molecular weight is 183 g/mol. The highest BCUT2D eigenvalue weighted by molar-refractivity contribution is 5.70. The summed E-state index contributed by atoms with van der Waals surface area (Å²) in [5.41, 5.74) is 5.83. The fraction of sp³-hybridized carbons (Fsp3) is 0.500. The lowest BCUT2D eigenvalue weighted by atomic mass is 10.4. The van der Waals surface area contributed by atoms with Crippen LogP contribution in [0.2, 0.25) is 0 Å². The molecule has 1 heterocycles. The second-order valence-electron chi connectivity index (χ2n) is 2.69. The molecule has 0 unspecified atom stereocenters. The molecule has 1 aromatic rings. The van der Waals surface area contributed by atoms with Crippen LogP contribution in [0.3, 0.4) is 0 Å². The lowest BCUT2D eigenvalue weighted by Crippen LogP contribution is -2.14. The number of ether oxygens (including phenoxy) is 1. The highest BCUT2D eigenvalue weighted by atomic mass is 16.6. The Morgan fingerprint density at radius 2 is 2.54 bits per heavy atom. The SMILES string of the molecule is CCCCOC(=O)n1cc(N)cn1. The van der Waals surface area contributed by atoms with E-state index in [0.717, 1.165) is 17.5 Å². The van der Waals surface area contributed by atoms with E-state index in [1.165, 1.54) is 12.4 Å². The topological polar surface area (TPSA) is 70.1 Å². The zero-order chi connectivity index (χ0) is 9.68. The first-order chi connectivity index (χ1) is 6.24. The first-order valence-electron chi connectivity index (χ1n) is 4.21. The van der Waals surface area contributed by atoms with Gasteiger partial charge >= 0.3 is 6.09 Å². The Bertz CT molecular complexity index is 283. The molecule has 0 aromatic carbocycles. The zero-order valence-corrected chi connectivity index (χ0v) is 7.56. The maximum Gasteiger partial charge on any atom is 0.434 e. The summed E-state index contributed by atoms with van der Waals surface area (Å²) in [7, 11) is 0. The van der Waals surface area contributed by atoms with Crippen LogP contribution < -0.4 is 5.73 Å². The molecule has 0 aliphatic carbocycles. The maximum absolute atomic E-state index is 11.2. The average Bonchev–Trinajstić information content (AvgIpc) is 2.52. The first kappa shape index (κ1) is 9.57. The van der Waals surface area contributed by atoms with E-state index < -0.39 is 6.09 Å². The van der Waals surface area contributed by atoms with Gasteiger partial charge in [-0.1, -0.05) is 13.3 Å². The Balaban J connectivity index is 2.40. The number of nitrogen functional groups attached to an aromatic ring is 1. The van der Waals surface area contributed by atoms with Crippen molar-refractivity contribution < 1.29 is 9.53 Å². The smallest absolute Gasteiger partial charge is 0.434 e. The minimum absolute atomic E-state index is 0.426. The van der Waals surface area contributed by atoms with Crippen molar-refractivity contribution in [3.63, 3.8) is 0 Å². The monoisotopic (exact) mass is 183 g/mol. The summed E-state index contributed by atoms with van der Waals surface area (Å²) in [6.45, 7) is 2.45. The predicted octanol–water partition coefficient (Wildman–Crippen LogP) is 1.25. The van der Waals surface area contributed by atoms with Crippen molar-refractivity contribution in [3.8, 4) is 0 Å². The Morgan fingerprint density at radius 1 is 1.77 bits per heavy atom. The Labute approximate surface area is 76.5 Å². The second kappa shape index (κ2) is 4.49. The Kier molecular flexibility index (Phi) is 3.31. The Morgan fingerprint density at radius 3 is 3.08 bits per heavy atom. The third kappa shape index (κ3) is 2.77. The molecule has 5 heteroatoms. The summed E-state index contributed by atoms with van der Waals surface area (Å²) in [4.78, 5) is 11.2. The van der Waals surface area contributed by atoms with Gasteiger partial charge in [0.1, 0.15) is 0 Å². The molecule has 0 amide bonds. The number of nitrogens with two attached hydrogens (primary N) is 1. The van der Waals surface area contributed by atoms with Crippen molar-refractivity contribution in [1.82, 2.24) is 9.78 Å². The van der Waals surface area contributed by atoms with E-state index in [1.807, 2.05) is 6.92 Å². The van der Waals surface area contributed by atoms with Gasteiger partial charge in [-0.25, -0.2) is 4.79 Å². The second-order valence-corrected chi connectivity index (χ2v) is 2.69. The number of nitrogens with zero attached hydrogens (tertiary/aromatic N) is 2.